The fourth-order valence-electron chi connectivity index (χ4n) is 2.46. The molecule has 0 aromatic heterocycles. The first-order valence-electron chi connectivity index (χ1n) is 6.55. The number of carboxylic acids is 1. The maximum absolute atomic E-state index is 12.3. The summed E-state index contributed by atoms with van der Waals surface area (Å²) < 4.78 is 0. The zero-order valence-corrected chi connectivity index (χ0v) is 12.3. The van der Waals surface area contributed by atoms with E-state index in [0.717, 1.165) is 5.56 Å². The summed E-state index contributed by atoms with van der Waals surface area (Å²) >= 11 is 5.89. The van der Waals surface area contributed by atoms with E-state index in [1.165, 1.54) is 9.80 Å². The van der Waals surface area contributed by atoms with Crippen molar-refractivity contribution in [1.82, 2.24) is 9.80 Å². The number of aliphatic hydroxyl groups excluding tert-OH is 1. The maximum atomic E-state index is 12.3. The van der Waals surface area contributed by atoms with Crippen molar-refractivity contribution in [2.45, 2.75) is 25.1 Å². The molecule has 2 rings (SSSR count). The summed E-state index contributed by atoms with van der Waals surface area (Å²) in [6, 6.07) is 5.72. The number of aliphatic carboxylic acids is 1. The van der Waals surface area contributed by atoms with Crippen LogP contribution >= 0.6 is 11.6 Å². The molecular formula is C14H17ClN2O4. The van der Waals surface area contributed by atoms with Crippen LogP contribution in [0.15, 0.2) is 24.3 Å². The number of aliphatic hydroxyl groups is 1. The van der Waals surface area contributed by atoms with Crippen LogP contribution < -0.4 is 0 Å². The number of amides is 2. The van der Waals surface area contributed by atoms with Gasteiger partial charge in [-0.1, -0.05) is 23.7 Å². The van der Waals surface area contributed by atoms with E-state index in [1.807, 2.05) is 6.07 Å². The number of β-amino-alcohol motifs (C(OH)–C–C–N with tert-alkyl or cyclic N) is 1. The molecule has 6 nitrogen and oxygen atoms in total. The topological polar surface area (TPSA) is 81.1 Å². The molecule has 0 aliphatic carbocycles. The number of hydrogen-bond donors (Lipinski definition) is 2. The highest BCUT2D eigenvalue weighted by atomic mass is 35.5. The van der Waals surface area contributed by atoms with Crippen LogP contribution in [0.25, 0.3) is 0 Å². The van der Waals surface area contributed by atoms with Gasteiger partial charge in [-0.2, -0.15) is 0 Å². The lowest BCUT2D eigenvalue weighted by Crippen LogP contribution is -2.46. The highest BCUT2D eigenvalue weighted by Gasteiger charge is 2.40. The van der Waals surface area contributed by atoms with Crippen molar-refractivity contribution < 1.29 is 19.8 Å². The predicted molar refractivity (Wildman–Crippen MR) is 77.1 cm³/mol. The van der Waals surface area contributed by atoms with E-state index in [4.69, 9.17) is 16.7 Å². The van der Waals surface area contributed by atoms with Crippen molar-refractivity contribution in [3.63, 3.8) is 0 Å². The number of carboxylic acid groups (broad SMARTS) is 1. The maximum Gasteiger partial charge on any atom is 0.326 e. The number of rotatable bonds is 3. The summed E-state index contributed by atoms with van der Waals surface area (Å²) in [7, 11) is 1.59. The van der Waals surface area contributed by atoms with Gasteiger partial charge in [0.15, 0.2) is 0 Å². The largest absolute Gasteiger partial charge is 0.480 e. The highest BCUT2D eigenvalue weighted by Crippen LogP contribution is 2.20. The van der Waals surface area contributed by atoms with Gasteiger partial charge in [0.05, 0.1) is 6.10 Å². The summed E-state index contributed by atoms with van der Waals surface area (Å²) in [5.41, 5.74) is 0.852. The van der Waals surface area contributed by atoms with Gasteiger partial charge in [-0.25, -0.2) is 9.59 Å². The van der Waals surface area contributed by atoms with Gasteiger partial charge in [0.2, 0.25) is 0 Å². The number of nitrogens with zero attached hydrogens (tertiary/aromatic N) is 2. The quantitative estimate of drug-likeness (QED) is 0.884. The number of likely N-dealkylation sites (tertiary alicyclic amines) is 1. The molecule has 0 saturated carbocycles. The third-order valence-corrected chi connectivity index (χ3v) is 3.68. The second-order valence-electron chi connectivity index (χ2n) is 5.16. The predicted octanol–water partition coefficient (Wildman–Crippen LogP) is 1.41. The summed E-state index contributed by atoms with van der Waals surface area (Å²) in [6.07, 6.45) is -0.735. The van der Waals surface area contributed by atoms with E-state index in [-0.39, 0.29) is 13.0 Å². The van der Waals surface area contributed by atoms with Crippen LogP contribution in [0.3, 0.4) is 0 Å². The molecule has 2 N–H and O–H groups in total. The van der Waals surface area contributed by atoms with Crippen LogP contribution in [0, 0.1) is 0 Å². The fraction of sp³-hybridized carbons (Fsp3) is 0.429. The van der Waals surface area contributed by atoms with Crippen molar-refractivity contribution in [3.8, 4) is 0 Å². The SMILES string of the molecule is CN(Cc1cccc(Cl)c1)C(=O)N1CC(O)CC1C(=O)O. The summed E-state index contributed by atoms with van der Waals surface area (Å²) in [4.78, 5) is 26.1. The Morgan fingerprint density at radius 1 is 1.48 bits per heavy atom. The standard InChI is InChI=1S/C14H17ClN2O4/c1-16(7-9-3-2-4-10(15)5-9)14(21)17-8-11(18)6-12(17)13(19)20/h2-5,11-12,18H,6-8H2,1H3,(H,19,20). The van der Waals surface area contributed by atoms with Crippen molar-refractivity contribution in [2.75, 3.05) is 13.6 Å². The molecule has 1 aliphatic heterocycles. The first-order chi connectivity index (χ1) is 9.88. The minimum Gasteiger partial charge on any atom is -0.480 e. The smallest absolute Gasteiger partial charge is 0.326 e. The molecule has 2 unspecified atom stereocenters. The third-order valence-electron chi connectivity index (χ3n) is 3.45. The Labute approximate surface area is 127 Å². The molecule has 1 aliphatic rings. The summed E-state index contributed by atoms with van der Waals surface area (Å²) in [5, 5.41) is 19.3. The third kappa shape index (κ3) is 3.65. The molecule has 1 aromatic rings. The Bertz CT molecular complexity index is 552. The molecule has 1 aromatic carbocycles. The molecule has 0 bridgehead atoms. The average molecular weight is 313 g/mol. The van der Waals surface area contributed by atoms with E-state index in [2.05, 4.69) is 0 Å². The molecule has 1 fully saturated rings. The number of hydrogen-bond acceptors (Lipinski definition) is 3. The molecule has 0 spiro atoms. The van der Waals surface area contributed by atoms with Gasteiger partial charge in [0.1, 0.15) is 6.04 Å². The van der Waals surface area contributed by atoms with Crippen molar-refractivity contribution in [1.29, 1.82) is 0 Å². The monoisotopic (exact) mass is 312 g/mol. The first-order valence-corrected chi connectivity index (χ1v) is 6.93. The number of halogens is 1. The van der Waals surface area contributed by atoms with Crippen LogP contribution in [0.1, 0.15) is 12.0 Å². The van der Waals surface area contributed by atoms with Crippen molar-refractivity contribution in [2.24, 2.45) is 0 Å². The lowest BCUT2D eigenvalue weighted by atomic mass is 10.2. The molecule has 1 saturated heterocycles. The molecule has 0 radical (unpaired) electrons. The lowest BCUT2D eigenvalue weighted by molar-refractivity contribution is -0.141. The lowest BCUT2D eigenvalue weighted by Gasteiger charge is -2.27. The molecule has 114 valence electrons. The van der Waals surface area contributed by atoms with Crippen molar-refractivity contribution >= 4 is 23.6 Å². The Morgan fingerprint density at radius 2 is 2.19 bits per heavy atom. The van der Waals surface area contributed by atoms with Crippen LogP contribution in [0.2, 0.25) is 5.02 Å². The van der Waals surface area contributed by atoms with Gasteiger partial charge in [-0.3, -0.25) is 0 Å². The van der Waals surface area contributed by atoms with E-state index >= 15 is 0 Å². The second kappa shape index (κ2) is 6.32. The number of benzene rings is 1. The zero-order valence-electron chi connectivity index (χ0n) is 11.6. The fourth-order valence-corrected chi connectivity index (χ4v) is 2.67. The van der Waals surface area contributed by atoms with E-state index in [1.54, 1.807) is 25.2 Å². The van der Waals surface area contributed by atoms with Crippen LogP contribution in [-0.2, 0) is 11.3 Å². The second-order valence-corrected chi connectivity index (χ2v) is 5.60. The first kappa shape index (κ1) is 15.6. The van der Waals surface area contributed by atoms with E-state index < -0.39 is 24.1 Å². The number of carbonyl (C=O) groups excluding carboxylic acids is 1. The molecular weight excluding hydrogens is 296 g/mol. The van der Waals surface area contributed by atoms with Crippen LogP contribution in [0.4, 0.5) is 4.79 Å². The Hall–Kier alpha value is -1.79. The zero-order chi connectivity index (χ0) is 15.6. The molecule has 2 atom stereocenters. The van der Waals surface area contributed by atoms with Crippen LogP contribution in [-0.4, -0.2) is 57.8 Å². The summed E-state index contributed by atoms with van der Waals surface area (Å²) in [6.45, 7) is 0.355. The van der Waals surface area contributed by atoms with Gasteiger partial charge in [0, 0.05) is 31.6 Å². The average Bonchev–Trinajstić information content (AvgIpc) is 2.80. The molecule has 2 amide bonds. The summed E-state index contributed by atoms with van der Waals surface area (Å²) in [5.74, 6) is -1.10. The van der Waals surface area contributed by atoms with Crippen molar-refractivity contribution in [3.05, 3.63) is 34.9 Å². The molecule has 1 heterocycles. The van der Waals surface area contributed by atoms with Gasteiger partial charge < -0.3 is 20.0 Å². The highest BCUT2D eigenvalue weighted by molar-refractivity contribution is 6.30. The van der Waals surface area contributed by atoms with Gasteiger partial charge >= 0.3 is 12.0 Å². The minimum atomic E-state index is -1.10. The Kier molecular flexibility index (Phi) is 4.69. The van der Waals surface area contributed by atoms with Gasteiger partial charge in [-0.05, 0) is 17.7 Å². The van der Waals surface area contributed by atoms with E-state index in [9.17, 15) is 14.7 Å². The Balaban J connectivity index is 2.06. The van der Waals surface area contributed by atoms with Gasteiger partial charge in [0.25, 0.3) is 0 Å². The van der Waals surface area contributed by atoms with E-state index in [0.29, 0.717) is 11.6 Å². The normalized spacial score (nSPS) is 21.4. The van der Waals surface area contributed by atoms with Crippen LogP contribution in [0.5, 0.6) is 0 Å². The molecule has 21 heavy (non-hydrogen) atoms. The number of urea groups is 1. The Morgan fingerprint density at radius 3 is 2.81 bits per heavy atom. The van der Waals surface area contributed by atoms with Gasteiger partial charge in [-0.15, -0.1) is 0 Å². The minimum absolute atomic E-state index is 0.0374. The number of carbonyl (C=O) groups is 2. The molecule has 7 heteroatoms.